The summed E-state index contributed by atoms with van der Waals surface area (Å²) in [6, 6.07) is 0. The lowest BCUT2D eigenvalue weighted by Gasteiger charge is -2.24. The molecule has 0 spiro atoms. The van der Waals surface area contributed by atoms with Crippen molar-refractivity contribution in [3.63, 3.8) is 0 Å². The fraction of sp³-hybridized carbons (Fsp3) is 0.889. The van der Waals surface area contributed by atoms with E-state index in [-0.39, 0.29) is 0 Å². The van der Waals surface area contributed by atoms with Crippen LogP contribution in [0.3, 0.4) is 0 Å². The molecular weight excluding hydrogens is 166 g/mol. The van der Waals surface area contributed by atoms with Gasteiger partial charge in [0.2, 0.25) is 0 Å². The lowest BCUT2D eigenvalue weighted by atomic mass is 10.2. The van der Waals surface area contributed by atoms with Crippen LogP contribution in [0.15, 0.2) is 4.99 Å². The zero-order valence-corrected chi connectivity index (χ0v) is 8.71. The van der Waals surface area contributed by atoms with Crippen molar-refractivity contribution in [3.8, 4) is 0 Å². The Balaban J connectivity index is 2.56. The van der Waals surface area contributed by atoms with Gasteiger partial charge in [0.05, 0.1) is 13.2 Å². The Morgan fingerprint density at radius 3 is 3.00 bits per heavy atom. The van der Waals surface area contributed by atoms with Gasteiger partial charge in [0, 0.05) is 27.2 Å². The van der Waals surface area contributed by atoms with Gasteiger partial charge < -0.3 is 15.0 Å². The molecule has 0 saturated carbocycles. The molecule has 0 bridgehead atoms. The molecule has 76 valence electrons. The third kappa shape index (κ3) is 2.88. The van der Waals surface area contributed by atoms with Crippen LogP contribution < -0.4 is 5.32 Å². The topological polar surface area (TPSA) is 36.9 Å². The summed E-state index contributed by atoms with van der Waals surface area (Å²) in [5.74, 6) is 1.53. The third-order valence-electron chi connectivity index (χ3n) is 2.17. The molecule has 1 saturated heterocycles. The molecule has 0 radical (unpaired) electrons. The molecule has 0 aromatic carbocycles. The maximum atomic E-state index is 5.45. The van der Waals surface area contributed by atoms with Crippen molar-refractivity contribution in [3.05, 3.63) is 0 Å². The monoisotopic (exact) mass is 185 g/mol. The fourth-order valence-corrected chi connectivity index (χ4v) is 1.58. The zero-order valence-electron chi connectivity index (χ0n) is 8.71. The molecule has 1 N–H and O–H groups in total. The first-order valence-electron chi connectivity index (χ1n) is 4.75. The Morgan fingerprint density at radius 1 is 1.62 bits per heavy atom. The van der Waals surface area contributed by atoms with Crippen LogP contribution in [-0.4, -0.2) is 51.3 Å². The second-order valence-electron chi connectivity index (χ2n) is 3.42. The first-order valence-corrected chi connectivity index (χ1v) is 4.75. The van der Waals surface area contributed by atoms with Gasteiger partial charge in [-0.1, -0.05) is 6.92 Å². The van der Waals surface area contributed by atoms with E-state index in [1.807, 2.05) is 14.1 Å². The molecule has 1 aliphatic heterocycles. The van der Waals surface area contributed by atoms with Crippen LogP contribution in [0.2, 0.25) is 0 Å². The van der Waals surface area contributed by atoms with Crippen molar-refractivity contribution in [2.75, 3.05) is 40.4 Å². The van der Waals surface area contributed by atoms with Gasteiger partial charge in [0.1, 0.15) is 0 Å². The molecule has 4 nitrogen and oxygen atoms in total. The predicted molar refractivity (Wildman–Crippen MR) is 54.0 cm³/mol. The lowest BCUT2D eigenvalue weighted by Crippen LogP contribution is -2.42. The van der Waals surface area contributed by atoms with E-state index in [2.05, 4.69) is 22.1 Å². The number of aliphatic imine (C=N–C) groups is 1. The third-order valence-corrected chi connectivity index (χ3v) is 2.17. The van der Waals surface area contributed by atoms with E-state index in [0.29, 0.717) is 5.92 Å². The molecule has 4 heteroatoms. The van der Waals surface area contributed by atoms with E-state index < -0.39 is 0 Å². The first kappa shape index (κ1) is 10.3. The summed E-state index contributed by atoms with van der Waals surface area (Å²) < 4.78 is 5.45. The van der Waals surface area contributed by atoms with Crippen LogP contribution in [0, 0.1) is 5.92 Å². The van der Waals surface area contributed by atoms with Crippen molar-refractivity contribution < 1.29 is 4.74 Å². The van der Waals surface area contributed by atoms with Crippen molar-refractivity contribution in [1.29, 1.82) is 0 Å². The summed E-state index contributed by atoms with van der Waals surface area (Å²) in [5, 5.41) is 3.09. The maximum absolute atomic E-state index is 5.45. The molecule has 1 aliphatic rings. The van der Waals surface area contributed by atoms with E-state index in [0.717, 1.165) is 32.3 Å². The van der Waals surface area contributed by atoms with Crippen LogP contribution in [0.5, 0.6) is 0 Å². The molecule has 1 fully saturated rings. The number of guanidine groups is 1. The average molecular weight is 185 g/mol. The molecule has 13 heavy (non-hydrogen) atoms. The van der Waals surface area contributed by atoms with Crippen LogP contribution in [0.1, 0.15) is 6.92 Å². The Kier molecular flexibility index (Phi) is 4.02. The van der Waals surface area contributed by atoms with Crippen LogP contribution in [-0.2, 0) is 4.74 Å². The Morgan fingerprint density at radius 2 is 2.38 bits per heavy atom. The molecule has 1 heterocycles. The molecule has 0 aliphatic carbocycles. The SMILES string of the molecule is CN=C(NC)N1CCOCC(C)C1. The minimum atomic E-state index is 0.576. The van der Waals surface area contributed by atoms with E-state index in [4.69, 9.17) is 4.74 Å². The van der Waals surface area contributed by atoms with Crippen LogP contribution in [0.25, 0.3) is 0 Å². The summed E-state index contributed by atoms with van der Waals surface area (Å²) >= 11 is 0. The number of hydrogen-bond acceptors (Lipinski definition) is 2. The van der Waals surface area contributed by atoms with Crippen molar-refractivity contribution in [2.24, 2.45) is 10.9 Å². The number of rotatable bonds is 0. The number of nitrogens with zero attached hydrogens (tertiary/aromatic N) is 2. The Bertz CT molecular complexity index is 182. The van der Waals surface area contributed by atoms with E-state index in [1.54, 1.807) is 0 Å². The number of nitrogens with one attached hydrogen (secondary N) is 1. The van der Waals surface area contributed by atoms with Crippen molar-refractivity contribution in [2.45, 2.75) is 6.92 Å². The number of ether oxygens (including phenoxy) is 1. The standard InChI is InChI=1S/C9H19N3O/c1-8-6-12(4-5-13-7-8)9(10-2)11-3/h8H,4-7H2,1-3H3,(H,10,11). The molecule has 0 aromatic heterocycles. The fourth-order valence-electron chi connectivity index (χ4n) is 1.58. The smallest absolute Gasteiger partial charge is 0.193 e. The molecule has 1 atom stereocenters. The highest BCUT2D eigenvalue weighted by atomic mass is 16.5. The van der Waals surface area contributed by atoms with Crippen molar-refractivity contribution in [1.82, 2.24) is 10.2 Å². The van der Waals surface area contributed by atoms with E-state index in [1.165, 1.54) is 0 Å². The minimum Gasteiger partial charge on any atom is -0.379 e. The summed E-state index contributed by atoms with van der Waals surface area (Å²) in [6.07, 6.45) is 0. The van der Waals surface area contributed by atoms with Gasteiger partial charge in [-0.25, -0.2) is 0 Å². The zero-order chi connectivity index (χ0) is 9.68. The molecule has 0 aromatic rings. The van der Waals surface area contributed by atoms with Gasteiger partial charge in [-0.05, 0) is 5.92 Å². The summed E-state index contributed by atoms with van der Waals surface area (Å²) in [4.78, 5) is 6.42. The van der Waals surface area contributed by atoms with Crippen LogP contribution in [0.4, 0.5) is 0 Å². The highest BCUT2D eigenvalue weighted by Gasteiger charge is 2.16. The van der Waals surface area contributed by atoms with Gasteiger partial charge in [-0.15, -0.1) is 0 Å². The highest BCUT2D eigenvalue weighted by molar-refractivity contribution is 5.79. The van der Waals surface area contributed by atoms with Gasteiger partial charge in [-0.2, -0.15) is 0 Å². The van der Waals surface area contributed by atoms with Crippen molar-refractivity contribution >= 4 is 5.96 Å². The number of hydrogen-bond donors (Lipinski definition) is 1. The van der Waals surface area contributed by atoms with Gasteiger partial charge in [-0.3, -0.25) is 4.99 Å². The van der Waals surface area contributed by atoms with Gasteiger partial charge in [0.25, 0.3) is 0 Å². The second-order valence-corrected chi connectivity index (χ2v) is 3.42. The van der Waals surface area contributed by atoms with E-state index in [9.17, 15) is 0 Å². The quantitative estimate of drug-likeness (QED) is 0.431. The van der Waals surface area contributed by atoms with E-state index >= 15 is 0 Å². The molecule has 1 rings (SSSR count). The Labute approximate surface area is 80.0 Å². The average Bonchev–Trinajstić information content (AvgIpc) is 2.32. The normalized spacial score (nSPS) is 25.6. The van der Waals surface area contributed by atoms with Crippen LogP contribution >= 0.6 is 0 Å². The van der Waals surface area contributed by atoms with Gasteiger partial charge >= 0.3 is 0 Å². The molecular formula is C9H19N3O. The maximum Gasteiger partial charge on any atom is 0.193 e. The molecule has 1 unspecified atom stereocenters. The highest BCUT2D eigenvalue weighted by Crippen LogP contribution is 2.05. The minimum absolute atomic E-state index is 0.576. The predicted octanol–water partition coefficient (Wildman–Crippen LogP) is 0.160. The summed E-state index contributed by atoms with van der Waals surface area (Å²) in [6.45, 7) is 5.80. The summed E-state index contributed by atoms with van der Waals surface area (Å²) in [5.41, 5.74) is 0. The second kappa shape index (κ2) is 5.07. The van der Waals surface area contributed by atoms with Gasteiger partial charge in [0.15, 0.2) is 5.96 Å². The summed E-state index contributed by atoms with van der Waals surface area (Å²) in [7, 11) is 3.71. The lowest BCUT2D eigenvalue weighted by molar-refractivity contribution is 0.127. The largest absolute Gasteiger partial charge is 0.379 e. The Hall–Kier alpha value is -0.770. The first-order chi connectivity index (χ1) is 6.27. The molecule has 0 amide bonds.